The van der Waals surface area contributed by atoms with Crippen LogP contribution in [0, 0.1) is 5.41 Å². The molecule has 2 aliphatic rings. The summed E-state index contributed by atoms with van der Waals surface area (Å²) in [6.45, 7) is 4.12. The van der Waals surface area contributed by atoms with Crippen molar-refractivity contribution >= 4 is 5.91 Å². The van der Waals surface area contributed by atoms with Gasteiger partial charge in [-0.25, -0.2) is 0 Å². The number of nitrogens with one attached hydrogen (secondary N) is 2. The maximum atomic E-state index is 12.1. The molecule has 1 unspecified atom stereocenters. The van der Waals surface area contributed by atoms with Gasteiger partial charge in [0.15, 0.2) is 0 Å². The van der Waals surface area contributed by atoms with Gasteiger partial charge < -0.3 is 20.1 Å². The van der Waals surface area contributed by atoms with E-state index in [4.69, 9.17) is 9.47 Å². The minimum absolute atomic E-state index is 0.0497. The Kier molecular flexibility index (Phi) is 5.60. The van der Waals surface area contributed by atoms with Gasteiger partial charge in [0.2, 0.25) is 5.91 Å². The lowest BCUT2D eigenvalue weighted by molar-refractivity contribution is -0.136. The highest BCUT2D eigenvalue weighted by molar-refractivity contribution is 5.80. The summed E-state index contributed by atoms with van der Waals surface area (Å²) in [5.41, 5.74) is 0.0876. The predicted molar refractivity (Wildman–Crippen MR) is 73.0 cm³/mol. The minimum Gasteiger partial charge on any atom is -0.384 e. The van der Waals surface area contributed by atoms with E-state index in [1.54, 1.807) is 7.11 Å². The molecular formula is C14H26N2O3. The van der Waals surface area contributed by atoms with Crippen LogP contribution in [0.3, 0.4) is 0 Å². The van der Waals surface area contributed by atoms with Crippen molar-refractivity contribution in [2.45, 2.75) is 38.2 Å². The second-order valence-corrected chi connectivity index (χ2v) is 5.76. The standard InChI is InChI=1S/C14H26N2O3/c1-18-11-14(5-7-15-8-6-14)10-16-13(17)12-4-2-3-9-19-12/h12,15H,2-11H2,1H3,(H,16,17). The fourth-order valence-corrected chi connectivity index (χ4v) is 2.97. The molecule has 2 heterocycles. The summed E-state index contributed by atoms with van der Waals surface area (Å²) >= 11 is 0. The molecule has 5 nitrogen and oxygen atoms in total. The van der Waals surface area contributed by atoms with Gasteiger partial charge >= 0.3 is 0 Å². The van der Waals surface area contributed by atoms with E-state index in [0.29, 0.717) is 19.8 Å². The van der Waals surface area contributed by atoms with Gasteiger partial charge in [-0.15, -0.1) is 0 Å². The zero-order valence-corrected chi connectivity index (χ0v) is 11.9. The molecule has 0 aromatic rings. The van der Waals surface area contributed by atoms with Crippen molar-refractivity contribution in [3.63, 3.8) is 0 Å². The van der Waals surface area contributed by atoms with E-state index < -0.39 is 0 Å². The van der Waals surface area contributed by atoms with E-state index in [2.05, 4.69) is 10.6 Å². The van der Waals surface area contributed by atoms with Gasteiger partial charge in [0, 0.05) is 25.7 Å². The smallest absolute Gasteiger partial charge is 0.249 e. The summed E-state index contributed by atoms with van der Waals surface area (Å²) < 4.78 is 10.9. The largest absolute Gasteiger partial charge is 0.384 e. The quantitative estimate of drug-likeness (QED) is 0.771. The second-order valence-electron chi connectivity index (χ2n) is 5.76. The molecule has 0 aromatic heterocycles. The van der Waals surface area contributed by atoms with Crippen LogP contribution in [0.15, 0.2) is 0 Å². The number of piperidine rings is 1. The Morgan fingerprint density at radius 1 is 1.42 bits per heavy atom. The van der Waals surface area contributed by atoms with E-state index in [1.807, 2.05) is 0 Å². The van der Waals surface area contributed by atoms with Gasteiger partial charge in [0.05, 0.1) is 6.61 Å². The summed E-state index contributed by atoms with van der Waals surface area (Å²) in [7, 11) is 1.73. The highest BCUT2D eigenvalue weighted by Crippen LogP contribution is 2.28. The van der Waals surface area contributed by atoms with Gasteiger partial charge in [0.1, 0.15) is 6.10 Å². The molecule has 0 spiro atoms. The number of methoxy groups -OCH3 is 1. The number of hydrogen-bond donors (Lipinski definition) is 2. The second kappa shape index (κ2) is 7.22. The average molecular weight is 270 g/mol. The van der Waals surface area contributed by atoms with Crippen LogP contribution in [0.25, 0.3) is 0 Å². The molecule has 19 heavy (non-hydrogen) atoms. The fraction of sp³-hybridized carbons (Fsp3) is 0.929. The van der Waals surface area contributed by atoms with Crippen molar-refractivity contribution in [1.82, 2.24) is 10.6 Å². The van der Waals surface area contributed by atoms with E-state index in [-0.39, 0.29) is 17.4 Å². The van der Waals surface area contributed by atoms with Crippen LogP contribution in [-0.4, -0.2) is 52.0 Å². The summed E-state index contributed by atoms with van der Waals surface area (Å²) in [4.78, 5) is 12.1. The van der Waals surface area contributed by atoms with E-state index in [9.17, 15) is 4.79 Å². The molecule has 110 valence electrons. The van der Waals surface area contributed by atoms with Crippen LogP contribution in [0.1, 0.15) is 32.1 Å². The highest BCUT2D eigenvalue weighted by Gasteiger charge is 2.33. The van der Waals surface area contributed by atoms with Crippen LogP contribution < -0.4 is 10.6 Å². The van der Waals surface area contributed by atoms with Gasteiger partial charge in [-0.2, -0.15) is 0 Å². The summed E-state index contributed by atoms with van der Waals surface area (Å²) in [6, 6.07) is 0. The first-order valence-corrected chi connectivity index (χ1v) is 7.35. The highest BCUT2D eigenvalue weighted by atomic mass is 16.5. The van der Waals surface area contributed by atoms with E-state index in [1.165, 1.54) is 0 Å². The minimum atomic E-state index is -0.241. The van der Waals surface area contributed by atoms with Gasteiger partial charge in [-0.1, -0.05) is 0 Å². The Morgan fingerprint density at radius 3 is 2.84 bits per heavy atom. The average Bonchev–Trinajstić information content (AvgIpc) is 2.47. The molecule has 1 atom stereocenters. The molecule has 5 heteroatoms. The number of carbonyl (C=O) groups excluding carboxylic acids is 1. The van der Waals surface area contributed by atoms with E-state index >= 15 is 0 Å². The molecule has 2 aliphatic heterocycles. The van der Waals surface area contributed by atoms with Crippen molar-refractivity contribution in [2.24, 2.45) is 5.41 Å². The SMILES string of the molecule is COCC1(CNC(=O)C2CCCCO2)CCNCC1. The number of rotatable bonds is 5. The monoisotopic (exact) mass is 270 g/mol. The van der Waals surface area contributed by atoms with Crippen molar-refractivity contribution in [3.05, 3.63) is 0 Å². The van der Waals surface area contributed by atoms with Crippen LogP contribution in [0.5, 0.6) is 0 Å². The molecular weight excluding hydrogens is 244 g/mol. The lowest BCUT2D eigenvalue weighted by Crippen LogP contribution is -2.49. The maximum absolute atomic E-state index is 12.1. The van der Waals surface area contributed by atoms with Crippen LogP contribution >= 0.6 is 0 Å². The zero-order chi connectivity index (χ0) is 13.6. The zero-order valence-electron chi connectivity index (χ0n) is 11.9. The Bertz CT molecular complexity index is 279. The first-order valence-electron chi connectivity index (χ1n) is 7.35. The predicted octanol–water partition coefficient (Wildman–Crippen LogP) is 0.688. The van der Waals surface area contributed by atoms with Crippen LogP contribution in [0.4, 0.5) is 0 Å². The molecule has 0 radical (unpaired) electrons. The molecule has 2 N–H and O–H groups in total. The third kappa shape index (κ3) is 4.16. The number of ether oxygens (including phenoxy) is 2. The molecule has 2 fully saturated rings. The summed E-state index contributed by atoms with van der Waals surface area (Å²) in [6.07, 6.45) is 4.87. The van der Waals surface area contributed by atoms with Crippen molar-refractivity contribution in [2.75, 3.05) is 40.0 Å². The maximum Gasteiger partial charge on any atom is 0.249 e. The molecule has 0 aliphatic carbocycles. The Labute approximate surface area is 115 Å². The Hall–Kier alpha value is -0.650. The lowest BCUT2D eigenvalue weighted by atomic mass is 9.79. The van der Waals surface area contributed by atoms with Crippen molar-refractivity contribution in [3.8, 4) is 0 Å². The van der Waals surface area contributed by atoms with E-state index in [0.717, 1.165) is 45.2 Å². The molecule has 0 aromatic carbocycles. The molecule has 2 rings (SSSR count). The number of amides is 1. The normalized spacial score (nSPS) is 26.9. The Balaban J connectivity index is 1.82. The molecule has 1 amide bonds. The van der Waals surface area contributed by atoms with Gasteiger partial charge in [0.25, 0.3) is 0 Å². The van der Waals surface area contributed by atoms with Crippen LogP contribution in [0.2, 0.25) is 0 Å². The number of hydrogen-bond acceptors (Lipinski definition) is 4. The lowest BCUT2D eigenvalue weighted by Gasteiger charge is -2.37. The molecule has 2 saturated heterocycles. The third-order valence-electron chi connectivity index (χ3n) is 4.22. The molecule has 0 saturated carbocycles. The summed E-state index contributed by atoms with van der Waals surface area (Å²) in [5, 5.41) is 6.43. The van der Waals surface area contributed by atoms with Crippen LogP contribution in [-0.2, 0) is 14.3 Å². The van der Waals surface area contributed by atoms with Gasteiger partial charge in [-0.05, 0) is 45.2 Å². The first kappa shape index (κ1) is 14.8. The van der Waals surface area contributed by atoms with Gasteiger partial charge in [-0.3, -0.25) is 4.79 Å². The summed E-state index contributed by atoms with van der Waals surface area (Å²) in [5.74, 6) is 0.0497. The van der Waals surface area contributed by atoms with Crippen molar-refractivity contribution in [1.29, 1.82) is 0 Å². The number of carbonyl (C=O) groups is 1. The topological polar surface area (TPSA) is 59.6 Å². The third-order valence-corrected chi connectivity index (χ3v) is 4.22. The Morgan fingerprint density at radius 2 is 2.21 bits per heavy atom. The fourth-order valence-electron chi connectivity index (χ4n) is 2.97. The first-order chi connectivity index (χ1) is 9.26. The molecule has 0 bridgehead atoms. The van der Waals surface area contributed by atoms with Crippen molar-refractivity contribution < 1.29 is 14.3 Å².